The third-order valence-corrected chi connectivity index (χ3v) is 6.74. The summed E-state index contributed by atoms with van der Waals surface area (Å²) < 4.78 is 1.93. The van der Waals surface area contributed by atoms with E-state index in [0.29, 0.717) is 11.5 Å². The first-order valence-electron chi connectivity index (χ1n) is 8.82. The number of thiophene rings is 1. The first kappa shape index (κ1) is 15.9. The van der Waals surface area contributed by atoms with E-state index in [1.54, 1.807) is 0 Å². The normalized spacial score (nSPS) is 23.1. The topological polar surface area (TPSA) is 37.3 Å². The van der Waals surface area contributed by atoms with Gasteiger partial charge in [-0.05, 0) is 61.7 Å². The molecular formula is C19H25N3OS. The van der Waals surface area contributed by atoms with Gasteiger partial charge in [0.25, 0.3) is 5.91 Å². The lowest BCUT2D eigenvalue weighted by Crippen LogP contribution is -2.59. The Bertz CT molecular complexity index is 698. The first-order valence-corrected chi connectivity index (χ1v) is 9.70. The molecule has 1 saturated heterocycles. The molecule has 1 aliphatic carbocycles. The van der Waals surface area contributed by atoms with E-state index in [4.69, 9.17) is 0 Å². The molecule has 1 atom stereocenters. The van der Waals surface area contributed by atoms with Crippen molar-refractivity contribution in [3.63, 3.8) is 0 Å². The molecule has 128 valence electrons. The molecular weight excluding hydrogens is 318 g/mol. The van der Waals surface area contributed by atoms with Crippen molar-refractivity contribution in [1.29, 1.82) is 0 Å². The lowest BCUT2D eigenvalue weighted by Gasteiger charge is -2.54. The molecule has 1 amide bonds. The Balaban J connectivity index is 1.32. The summed E-state index contributed by atoms with van der Waals surface area (Å²) in [5.41, 5.74) is 1.12. The van der Waals surface area contributed by atoms with E-state index < -0.39 is 0 Å². The van der Waals surface area contributed by atoms with E-state index >= 15 is 0 Å². The van der Waals surface area contributed by atoms with Crippen LogP contribution in [0.3, 0.4) is 0 Å². The fourth-order valence-corrected chi connectivity index (χ4v) is 4.93. The molecule has 3 heterocycles. The van der Waals surface area contributed by atoms with E-state index in [1.807, 2.05) is 41.4 Å². The van der Waals surface area contributed by atoms with E-state index in [9.17, 15) is 4.79 Å². The van der Waals surface area contributed by atoms with Crippen LogP contribution in [0.25, 0.3) is 0 Å². The molecule has 5 heteroatoms. The largest absolute Gasteiger partial charge is 0.356 e. The van der Waals surface area contributed by atoms with Crippen molar-refractivity contribution < 1.29 is 4.79 Å². The van der Waals surface area contributed by atoms with Gasteiger partial charge in [0.1, 0.15) is 0 Å². The van der Waals surface area contributed by atoms with Crippen molar-refractivity contribution in [2.45, 2.75) is 38.3 Å². The Morgan fingerprint density at radius 1 is 1.33 bits per heavy atom. The standard InChI is InChI=1S/C19H25N3OS/c1-21-9-5-15(13-21)18(23)20-17-4-6-19(17)7-10-22(11-8-19)14-16-3-2-12-24-16/h2-3,5,9,12-13,17H,4,6-8,10-11,14H2,1H3,(H,20,23)/t17-/m0/s1. The van der Waals surface area contributed by atoms with Gasteiger partial charge in [0.05, 0.1) is 5.56 Å². The number of amides is 1. The van der Waals surface area contributed by atoms with Crippen LogP contribution in [-0.2, 0) is 13.6 Å². The molecule has 0 aromatic carbocycles. The number of hydrogen-bond donors (Lipinski definition) is 1. The number of carbonyl (C=O) groups is 1. The average Bonchev–Trinajstić information content (AvgIpc) is 3.24. The summed E-state index contributed by atoms with van der Waals surface area (Å²) in [5, 5.41) is 5.45. The van der Waals surface area contributed by atoms with Crippen molar-refractivity contribution in [2.75, 3.05) is 13.1 Å². The van der Waals surface area contributed by atoms with E-state index in [2.05, 4.69) is 27.7 Å². The predicted molar refractivity (Wildman–Crippen MR) is 97.2 cm³/mol. The highest BCUT2D eigenvalue weighted by atomic mass is 32.1. The zero-order valence-electron chi connectivity index (χ0n) is 14.2. The minimum Gasteiger partial charge on any atom is -0.356 e. The van der Waals surface area contributed by atoms with Gasteiger partial charge < -0.3 is 9.88 Å². The second kappa shape index (κ2) is 6.37. The maximum Gasteiger partial charge on any atom is 0.253 e. The molecule has 2 aliphatic rings. The van der Waals surface area contributed by atoms with Gasteiger partial charge >= 0.3 is 0 Å². The van der Waals surface area contributed by atoms with Crippen LogP contribution in [0.5, 0.6) is 0 Å². The van der Waals surface area contributed by atoms with Crippen LogP contribution in [0.1, 0.15) is 40.9 Å². The summed E-state index contributed by atoms with van der Waals surface area (Å²) >= 11 is 1.84. The smallest absolute Gasteiger partial charge is 0.253 e. The molecule has 2 aromatic rings. The SMILES string of the molecule is Cn1ccc(C(=O)N[C@H]2CCC23CCN(Cc2cccs2)CC3)c1. The van der Waals surface area contributed by atoms with Gasteiger partial charge in [0, 0.05) is 36.9 Å². The van der Waals surface area contributed by atoms with Gasteiger partial charge in [-0.2, -0.15) is 0 Å². The molecule has 2 fully saturated rings. The second-order valence-corrected chi connectivity index (χ2v) is 8.38. The summed E-state index contributed by atoms with van der Waals surface area (Å²) in [7, 11) is 1.95. The van der Waals surface area contributed by atoms with Crippen LogP contribution >= 0.6 is 11.3 Å². The Kier molecular flexibility index (Phi) is 4.22. The van der Waals surface area contributed by atoms with Crippen molar-refractivity contribution in [3.05, 3.63) is 46.4 Å². The number of rotatable bonds is 4. The molecule has 2 aromatic heterocycles. The lowest BCUT2D eigenvalue weighted by atomic mass is 9.59. The van der Waals surface area contributed by atoms with Gasteiger partial charge in [-0.3, -0.25) is 9.69 Å². The number of piperidine rings is 1. The van der Waals surface area contributed by atoms with E-state index in [-0.39, 0.29) is 5.91 Å². The number of hydrogen-bond acceptors (Lipinski definition) is 3. The van der Waals surface area contributed by atoms with Crippen LogP contribution in [0, 0.1) is 5.41 Å². The molecule has 0 unspecified atom stereocenters. The van der Waals surface area contributed by atoms with E-state index in [1.165, 1.54) is 24.1 Å². The maximum atomic E-state index is 12.4. The Labute approximate surface area is 147 Å². The van der Waals surface area contributed by atoms with Gasteiger partial charge in [-0.1, -0.05) is 6.07 Å². The second-order valence-electron chi connectivity index (χ2n) is 7.35. The van der Waals surface area contributed by atoms with Gasteiger partial charge in [-0.15, -0.1) is 11.3 Å². The third kappa shape index (κ3) is 3.03. The number of likely N-dealkylation sites (tertiary alicyclic amines) is 1. The summed E-state index contributed by atoms with van der Waals surface area (Å²) in [4.78, 5) is 16.4. The van der Waals surface area contributed by atoms with E-state index in [0.717, 1.165) is 31.6 Å². The summed E-state index contributed by atoms with van der Waals surface area (Å²) in [5.74, 6) is 0.0840. The summed E-state index contributed by atoms with van der Waals surface area (Å²) in [6, 6.07) is 6.60. The van der Waals surface area contributed by atoms with Gasteiger partial charge in [0.2, 0.25) is 0 Å². The number of aromatic nitrogens is 1. The quantitative estimate of drug-likeness (QED) is 0.925. The number of nitrogens with one attached hydrogen (secondary N) is 1. The molecule has 4 rings (SSSR count). The molecule has 1 spiro atoms. The number of carbonyl (C=O) groups excluding carboxylic acids is 1. The first-order chi connectivity index (χ1) is 11.6. The molecule has 1 aliphatic heterocycles. The van der Waals surface area contributed by atoms with Crippen LogP contribution in [0.4, 0.5) is 0 Å². The molecule has 0 bridgehead atoms. The van der Waals surface area contributed by atoms with Crippen LogP contribution in [0.2, 0.25) is 0 Å². The zero-order chi connectivity index (χ0) is 16.6. The lowest BCUT2D eigenvalue weighted by molar-refractivity contribution is -0.00686. The highest BCUT2D eigenvalue weighted by Crippen LogP contribution is 2.49. The minimum absolute atomic E-state index is 0.0840. The Morgan fingerprint density at radius 2 is 2.17 bits per heavy atom. The fraction of sp³-hybridized carbons (Fsp3) is 0.526. The highest BCUT2D eigenvalue weighted by Gasteiger charge is 2.48. The molecule has 24 heavy (non-hydrogen) atoms. The Morgan fingerprint density at radius 3 is 2.75 bits per heavy atom. The van der Waals surface area contributed by atoms with Gasteiger partial charge in [0.15, 0.2) is 0 Å². The molecule has 4 nitrogen and oxygen atoms in total. The van der Waals surface area contributed by atoms with Crippen molar-refractivity contribution in [2.24, 2.45) is 12.5 Å². The fourth-order valence-electron chi connectivity index (χ4n) is 4.18. The highest BCUT2D eigenvalue weighted by molar-refractivity contribution is 7.09. The van der Waals surface area contributed by atoms with Crippen LogP contribution < -0.4 is 5.32 Å². The predicted octanol–water partition coefficient (Wildman–Crippen LogP) is 3.26. The third-order valence-electron chi connectivity index (χ3n) is 5.88. The molecule has 1 saturated carbocycles. The number of aryl methyl sites for hydroxylation is 1. The minimum atomic E-state index is 0.0840. The molecule has 0 radical (unpaired) electrons. The average molecular weight is 343 g/mol. The van der Waals surface area contributed by atoms with Gasteiger partial charge in [-0.25, -0.2) is 0 Å². The zero-order valence-corrected chi connectivity index (χ0v) is 15.0. The van der Waals surface area contributed by atoms with Crippen LogP contribution in [-0.4, -0.2) is 34.5 Å². The van der Waals surface area contributed by atoms with Crippen LogP contribution in [0.15, 0.2) is 36.0 Å². The molecule has 1 N–H and O–H groups in total. The monoisotopic (exact) mass is 343 g/mol. The Hall–Kier alpha value is -1.59. The van der Waals surface area contributed by atoms with Crippen molar-refractivity contribution in [1.82, 2.24) is 14.8 Å². The number of nitrogens with zero attached hydrogens (tertiary/aromatic N) is 2. The summed E-state index contributed by atoms with van der Waals surface area (Å²) in [6.07, 6.45) is 8.62. The summed E-state index contributed by atoms with van der Waals surface area (Å²) in [6.45, 7) is 3.38. The van der Waals surface area contributed by atoms with Crippen molar-refractivity contribution >= 4 is 17.2 Å². The maximum absolute atomic E-state index is 12.4. The van der Waals surface area contributed by atoms with Crippen molar-refractivity contribution in [3.8, 4) is 0 Å².